The van der Waals surface area contributed by atoms with Crippen LogP contribution in [0.15, 0.2) is 267 Å². The van der Waals surface area contributed by atoms with Gasteiger partial charge in [-0.15, -0.1) is 0 Å². The molecular formula is C86H74N2. The van der Waals surface area contributed by atoms with E-state index in [2.05, 4.69) is 346 Å². The molecule has 2 nitrogen and oxygen atoms in total. The van der Waals surface area contributed by atoms with Crippen molar-refractivity contribution in [2.45, 2.75) is 102 Å². The van der Waals surface area contributed by atoms with Crippen molar-refractivity contribution in [3.05, 3.63) is 345 Å². The normalized spacial score (nSPS) is 17.4. The van der Waals surface area contributed by atoms with E-state index in [1.165, 1.54) is 117 Å². The molecule has 12 aromatic rings. The molecule has 2 atom stereocenters. The van der Waals surface area contributed by atoms with Crippen LogP contribution in [0.3, 0.4) is 0 Å². The second kappa shape index (κ2) is 19.0. The fraction of sp³-hybridized carbons (Fsp3) is 0.186. The molecule has 2 unspecified atom stereocenters. The maximum absolute atomic E-state index is 2.58. The van der Waals surface area contributed by atoms with Crippen molar-refractivity contribution >= 4 is 44.9 Å². The molecule has 0 aromatic heterocycles. The Labute approximate surface area is 520 Å². The minimum absolute atomic E-state index is 0.0390. The Bertz CT molecular complexity index is 4650. The summed E-state index contributed by atoms with van der Waals surface area (Å²) in [4.78, 5) is 4.97. The minimum atomic E-state index is -0.789. The highest BCUT2D eigenvalue weighted by atomic mass is 15.2. The first-order valence-corrected chi connectivity index (χ1v) is 31.7. The summed E-state index contributed by atoms with van der Waals surface area (Å²) in [7, 11) is 0. The number of rotatable bonds is 7. The number of nitrogens with zero attached hydrogens (tertiary/aromatic N) is 2. The summed E-state index contributed by atoms with van der Waals surface area (Å²) in [5, 5.41) is 2.61. The van der Waals surface area contributed by atoms with Gasteiger partial charge < -0.3 is 9.80 Å². The number of para-hydroxylation sites is 3. The lowest BCUT2D eigenvalue weighted by molar-refractivity contribution is 0.588. The molecule has 17 rings (SSSR count). The summed E-state index contributed by atoms with van der Waals surface area (Å²) in [5.41, 5.74) is 28.1. The quantitative estimate of drug-likeness (QED) is 0.157. The monoisotopic (exact) mass is 1130 g/mol. The first-order chi connectivity index (χ1) is 42.4. The second-order valence-corrected chi connectivity index (χ2v) is 28.6. The van der Waals surface area contributed by atoms with Crippen LogP contribution < -0.4 is 9.80 Å². The lowest BCUT2D eigenvalue weighted by Gasteiger charge is -2.47. The van der Waals surface area contributed by atoms with Gasteiger partial charge in [0.05, 0.1) is 16.5 Å². The molecule has 0 radical (unpaired) electrons. The maximum atomic E-state index is 2.58. The molecule has 0 saturated carbocycles. The van der Waals surface area contributed by atoms with Gasteiger partial charge in [-0.2, -0.15) is 0 Å². The van der Waals surface area contributed by atoms with Crippen molar-refractivity contribution in [2.75, 3.05) is 9.80 Å². The van der Waals surface area contributed by atoms with Crippen LogP contribution in [0.1, 0.15) is 147 Å². The molecule has 5 aliphatic rings. The Hall–Kier alpha value is -9.50. The fourth-order valence-electron chi connectivity index (χ4n) is 16.0. The van der Waals surface area contributed by atoms with Gasteiger partial charge in [0, 0.05) is 33.9 Å². The van der Waals surface area contributed by atoms with Gasteiger partial charge in [-0.05, 0) is 201 Å². The standard InChI is InChI=1S/C86H74N2/c1-81(2,3)55-29-37-59(38-30-55)85(60-39-31-56(32-40-60)82(4,5)6)72-51-52-73-79-71(50-49-70(78(72)79)68-47-45-66(53-75(68)85)87(63-21-14-11-15-22-63)64-23-16-12-17-24-64)69-48-46-67-54-76(69)86(73,61-41-33-57(34-42-61)83(7,8)9)62-43-35-58(36-44-62)84(10)74-27-20-28-77(80(74)84)88(67)65-25-18-13-19-26-65/h11-54H,1-10H3. The third kappa shape index (κ3) is 7.67. The van der Waals surface area contributed by atoms with E-state index in [1.54, 1.807) is 0 Å². The summed E-state index contributed by atoms with van der Waals surface area (Å²) in [5.74, 6) is 0. The minimum Gasteiger partial charge on any atom is -0.310 e. The van der Waals surface area contributed by atoms with E-state index in [1.807, 2.05) is 0 Å². The molecule has 88 heavy (non-hydrogen) atoms. The Morgan fingerprint density at radius 2 is 0.693 bits per heavy atom. The van der Waals surface area contributed by atoms with Crippen molar-refractivity contribution in [1.82, 2.24) is 0 Å². The summed E-state index contributed by atoms with van der Waals surface area (Å²) >= 11 is 0. The van der Waals surface area contributed by atoms with E-state index in [4.69, 9.17) is 0 Å². The van der Waals surface area contributed by atoms with E-state index in [9.17, 15) is 0 Å². The average Bonchev–Trinajstić information content (AvgIpc) is 0.724. The molecule has 4 bridgehead atoms. The third-order valence-corrected chi connectivity index (χ3v) is 20.6. The van der Waals surface area contributed by atoms with Crippen LogP contribution in [0.5, 0.6) is 0 Å². The van der Waals surface area contributed by atoms with E-state index in [0.717, 1.165) is 28.4 Å². The van der Waals surface area contributed by atoms with Gasteiger partial charge in [-0.25, -0.2) is 0 Å². The number of fused-ring (bicyclic) bond motifs is 5. The van der Waals surface area contributed by atoms with Crippen molar-refractivity contribution in [2.24, 2.45) is 0 Å². The number of benzene rings is 12. The summed E-state index contributed by atoms with van der Waals surface area (Å²) < 4.78 is 0. The SMILES string of the molecule is CC(C)(C)c1ccc(C2(c3ccc(C(C)(C)C)cc3)c3cc(N(c4ccccc4)c4ccccc4)ccc3-c3ccc4c5c(ccc2c35)C2(c3ccc(C(C)(C)C)cc3)c3ccc(cc3)C3(C)c5cccc(c53)N(c3ccccc3)c3ccc-4c2c3)cc1. The summed E-state index contributed by atoms with van der Waals surface area (Å²) in [6.07, 6.45) is 0. The Balaban J connectivity index is 1.07. The number of hydrogen-bond donors (Lipinski definition) is 0. The van der Waals surface area contributed by atoms with E-state index < -0.39 is 10.8 Å². The zero-order valence-electron chi connectivity index (χ0n) is 52.3. The third-order valence-electron chi connectivity index (χ3n) is 20.6. The lowest BCUT2D eigenvalue weighted by atomic mass is 9.55. The molecule has 2 aliphatic heterocycles. The van der Waals surface area contributed by atoms with E-state index >= 15 is 0 Å². The highest BCUT2D eigenvalue weighted by molar-refractivity contribution is 6.15. The molecule has 2 heterocycles. The van der Waals surface area contributed by atoms with Gasteiger partial charge >= 0.3 is 0 Å². The smallest absolute Gasteiger partial charge is 0.0714 e. The Morgan fingerprint density at radius 3 is 1.15 bits per heavy atom. The number of anilines is 6. The molecule has 428 valence electrons. The molecule has 3 aliphatic carbocycles. The molecule has 12 aromatic carbocycles. The van der Waals surface area contributed by atoms with E-state index in [-0.39, 0.29) is 21.7 Å². The Kier molecular flexibility index (Phi) is 11.6. The van der Waals surface area contributed by atoms with Crippen molar-refractivity contribution < 1.29 is 0 Å². The van der Waals surface area contributed by atoms with Crippen LogP contribution in [0.2, 0.25) is 0 Å². The Morgan fingerprint density at radius 1 is 0.295 bits per heavy atom. The largest absolute Gasteiger partial charge is 0.310 e. The number of hydrogen-bond acceptors (Lipinski definition) is 2. The zero-order valence-corrected chi connectivity index (χ0v) is 52.3. The average molecular weight is 1140 g/mol. The molecule has 2 heteroatoms. The molecule has 0 spiro atoms. The molecule has 0 fully saturated rings. The van der Waals surface area contributed by atoms with Crippen LogP contribution in [0.25, 0.3) is 33.0 Å². The van der Waals surface area contributed by atoms with Crippen molar-refractivity contribution in [3.63, 3.8) is 0 Å². The first-order valence-electron chi connectivity index (χ1n) is 31.7. The van der Waals surface area contributed by atoms with E-state index in [0.29, 0.717) is 0 Å². The highest BCUT2D eigenvalue weighted by Gasteiger charge is 2.53. The topological polar surface area (TPSA) is 6.48 Å². The van der Waals surface area contributed by atoms with Crippen LogP contribution in [-0.2, 0) is 32.5 Å². The molecule has 0 saturated heterocycles. The predicted octanol–water partition coefficient (Wildman–Crippen LogP) is 22.4. The van der Waals surface area contributed by atoms with Gasteiger partial charge in [-0.1, -0.05) is 263 Å². The second-order valence-electron chi connectivity index (χ2n) is 28.6. The van der Waals surface area contributed by atoms with Crippen molar-refractivity contribution in [3.8, 4) is 22.3 Å². The van der Waals surface area contributed by atoms with Crippen LogP contribution >= 0.6 is 0 Å². The van der Waals surface area contributed by atoms with Gasteiger partial charge in [0.25, 0.3) is 0 Å². The maximum Gasteiger partial charge on any atom is 0.0714 e. The van der Waals surface area contributed by atoms with Crippen molar-refractivity contribution in [1.29, 1.82) is 0 Å². The molecule has 0 N–H and O–H groups in total. The zero-order chi connectivity index (χ0) is 60.3. The predicted molar refractivity (Wildman–Crippen MR) is 370 cm³/mol. The van der Waals surface area contributed by atoms with Gasteiger partial charge in [0.15, 0.2) is 0 Å². The van der Waals surface area contributed by atoms with Gasteiger partial charge in [-0.3, -0.25) is 0 Å². The summed E-state index contributed by atoms with van der Waals surface area (Å²) in [6.45, 7) is 23.4. The van der Waals surface area contributed by atoms with Crippen LogP contribution in [0.4, 0.5) is 34.1 Å². The van der Waals surface area contributed by atoms with Crippen LogP contribution in [-0.4, -0.2) is 0 Å². The first kappa shape index (κ1) is 53.9. The fourth-order valence-corrected chi connectivity index (χ4v) is 16.0. The lowest BCUT2D eigenvalue weighted by Crippen LogP contribution is -2.37. The molecule has 0 amide bonds. The molecular weight excluding hydrogens is 1060 g/mol. The van der Waals surface area contributed by atoms with Gasteiger partial charge in [0.1, 0.15) is 0 Å². The summed E-state index contributed by atoms with van der Waals surface area (Å²) in [6, 6.07) is 104. The highest BCUT2D eigenvalue weighted by Crippen LogP contribution is 2.65. The van der Waals surface area contributed by atoms with Gasteiger partial charge in [0.2, 0.25) is 0 Å². The van der Waals surface area contributed by atoms with Crippen LogP contribution in [0, 0.1) is 0 Å².